The summed E-state index contributed by atoms with van der Waals surface area (Å²) in [5, 5.41) is 5.51. The fraction of sp³-hybridized carbons (Fsp3) is 0.222. The average molecular weight is 312 g/mol. The Labute approximate surface area is 135 Å². The first-order valence-corrected chi connectivity index (χ1v) is 7.46. The Morgan fingerprint density at radius 1 is 1.04 bits per heavy atom. The molecule has 2 N–H and O–H groups in total. The normalized spacial score (nSPS) is 10.0. The van der Waals surface area contributed by atoms with Gasteiger partial charge in [-0.05, 0) is 30.2 Å². The summed E-state index contributed by atoms with van der Waals surface area (Å²) in [4.78, 5) is 23.0. The SMILES string of the molecule is CCc1ccccc1NC(=O)COc1cccc(NC(C)=O)c1. The van der Waals surface area contributed by atoms with Crippen molar-refractivity contribution in [2.24, 2.45) is 0 Å². The summed E-state index contributed by atoms with van der Waals surface area (Å²) >= 11 is 0. The van der Waals surface area contributed by atoms with Gasteiger partial charge in [-0.25, -0.2) is 0 Å². The van der Waals surface area contributed by atoms with Crippen LogP contribution in [0.25, 0.3) is 0 Å². The van der Waals surface area contributed by atoms with E-state index in [4.69, 9.17) is 4.74 Å². The van der Waals surface area contributed by atoms with Crippen molar-refractivity contribution in [3.63, 3.8) is 0 Å². The van der Waals surface area contributed by atoms with Gasteiger partial charge in [0.05, 0.1) is 0 Å². The zero-order chi connectivity index (χ0) is 16.7. The number of para-hydroxylation sites is 1. The molecule has 120 valence electrons. The molecule has 0 saturated heterocycles. The molecular weight excluding hydrogens is 292 g/mol. The first kappa shape index (κ1) is 16.5. The van der Waals surface area contributed by atoms with Gasteiger partial charge >= 0.3 is 0 Å². The van der Waals surface area contributed by atoms with Gasteiger partial charge in [0.15, 0.2) is 6.61 Å². The molecule has 0 atom stereocenters. The number of hydrogen-bond donors (Lipinski definition) is 2. The Hall–Kier alpha value is -2.82. The van der Waals surface area contributed by atoms with Gasteiger partial charge in [-0.3, -0.25) is 9.59 Å². The molecule has 0 spiro atoms. The van der Waals surface area contributed by atoms with Gasteiger partial charge in [0.2, 0.25) is 5.91 Å². The van der Waals surface area contributed by atoms with E-state index in [1.807, 2.05) is 31.2 Å². The zero-order valence-electron chi connectivity index (χ0n) is 13.3. The highest BCUT2D eigenvalue weighted by Gasteiger charge is 2.07. The highest BCUT2D eigenvalue weighted by atomic mass is 16.5. The Morgan fingerprint density at radius 3 is 2.57 bits per heavy atom. The van der Waals surface area contributed by atoms with Gasteiger partial charge in [-0.15, -0.1) is 0 Å². The fourth-order valence-corrected chi connectivity index (χ4v) is 2.15. The molecule has 2 aromatic rings. The molecular formula is C18H20N2O3. The summed E-state index contributed by atoms with van der Waals surface area (Å²) in [6.07, 6.45) is 0.843. The average Bonchev–Trinajstić information content (AvgIpc) is 2.53. The maximum Gasteiger partial charge on any atom is 0.262 e. The molecule has 2 rings (SSSR count). The number of hydrogen-bond acceptors (Lipinski definition) is 3. The maximum atomic E-state index is 12.0. The lowest BCUT2D eigenvalue weighted by atomic mass is 10.1. The van der Waals surface area contributed by atoms with Crippen LogP contribution in [0, 0.1) is 0 Å². The van der Waals surface area contributed by atoms with Crippen LogP contribution in [-0.2, 0) is 16.0 Å². The zero-order valence-corrected chi connectivity index (χ0v) is 13.3. The second-order valence-electron chi connectivity index (χ2n) is 5.06. The van der Waals surface area contributed by atoms with E-state index in [0.29, 0.717) is 11.4 Å². The summed E-state index contributed by atoms with van der Waals surface area (Å²) in [6.45, 7) is 3.38. The Bertz CT molecular complexity index is 698. The Balaban J connectivity index is 1.93. The van der Waals surface area contributed by atoms with Crippen LogP contribution in [0.3, 0.4) is 0 Å². The maximum absolute atomic E-state index is 12.0. The molecule has 5 heteroatoms. The molecule has 0 aromatic heterocycles. The molecule has 0 fully saturated rings. The highest BCUT2D eigenvalue weighted by molar-refractivity contribution is 5.92. The Kier molecular flexibility index (Phi) is 5.74. The van der Waals surface area contributed by atoms with E-state index < -0.39 is 0 Å². The fourth-order valence-electron chi connectivity index (χ4n) is 2.15. The van der Waals surface area contributed by atoms with Crippen molar-refractivity contribution >= 4 is 23.2 Å². The monoisotopic (exact) mass is 312 g/mol. The van der Waals surface area contributed by atoms with Crippen LogP contribution in [0.15, 0.2) is 48.5 Å². The number of ether oxygens (including phenoxy) is 1. The van der Waals surface area contributed by atoms with Gasteiger partial charge in [0.25, 0.3) is 5.91 Å². The third kappa shape index (κ3) is 5.14. The van der Waals surface area contributed by atoms with Gasteiger partial charge in [-0.1, -0.05) is 31.2 Å². The highest BCUT2D eigenvalue weighted by Crippen LogP contribution is 2.18. The number of carbonyl (C=O) groups excluding carboxylic acids is 2. The number of benzene rings is 2. The van der Waals surface area contributed by atoms with E-state index in [1.165, 1.54) is 6.92 Å². The third-order valence-electron chi connectivity index (χ3n) is 3.20. The standard InChI is InChI=1S/C18H20N2O3/c1-3-14-7-4-5-10-17(14)20-18(22)12-23-16-9-6-8-15(11-16)19-13(2)21/h4-11H,3,12H2,1-2H3,(H,19,21)(H,20,22). The van der Waals surface area contributed by atoms with E-state index in [-0.39, 0.29) is 18.4 Å². The number of carbonyl (C=O) groups is 2. The molecule has 5 nitrogen and oxygen atoms in total. The van der Waals surface area contributed by atoms with Gasteiger partial charge in [0, 0.05) is 24.4 Å². The molecule has 0 aliphatic carbocycles. The molecule has 0 bridgehead atoms. The largest absolute Gasteiger partial charge is 0.484 e. The minimum atomic E-state index is -0.226. The second kappa shape index (κ2) is 7.98. The Morgan fingerprint density at radius 2 is 1.83 bits per heavy atom. The van der Waals surface area contributed by atoms with Crippen molar-refractivity contribution in [3.05, 3.63) is 54.1 Å². The third-order valence-corrected chi connectivity index (χ3v) is 3.20. The van der Waals surface area contributed by atoms with E-state index in [9.17, 15) is 9.59 Å². The van der Waals surface area contributed by atoms with Crippen LogP contribution in [-0.4, -0.2) is 18.4 Å². The first-order chi connectivity index (χ1) is 11.1. The smallest absolute Gasteiger partial charge is 0.262 e. The molecule has 0 radical (unpaired) electrons. The number of amides is 2. The van der Waals surface area contributed by atoms with Crippen LogP contribution in [0.2, 0.25) is 0 Å². The minimum Gasteiger partial charge on any atom is -0.484 e. The molecule has 0 saturated carbocycles. The topological polar surface area (TPSA) is 67.4 Å². The van der Waals surface area contributed by atoms with Crippen molar-refractivity contribution in [1.29, 1.82) is 0 Å². The van der Waals surface area contributed by atoms with Crippen LogP contribution < -0.4 is 15.4 Å². The van der Waals surface area contributed by atoms with Gasteiger partial charge < -0.3 is 15.4 Å². The van der Waals surface area contributed by atoms with Crippen molar-refractivity contribution in [2.45, 2.75) is 20.3 Å². The molecule has 0 aliphatic rings. The number of rotatable bonds is 6. The van der Waals surface area contributed by atoms with Crippen molar-refractivity contribution in [2.75, 3.05) is 17.2 Å². The lowest BCUT2D eigenvalue weighted by molar-refractivity contribution is -0.118. The number of nitrogens with one attached hydrogen (secondary N) is 2. The predicted molar refractivity (Wildman–Crippen MR) is 90.7 cm³/mol. The van der Waals surface area contributed by atoms with Crippen molar-refractivity contribution in [1.82, 2.24) is 0 Å². The van der Waals surface area contributed by atoms with E-state index >= 15 is 0 Å². The summed E-state index contributed by atoms with van der Waals surface area (Å²) < 4.78 is 5.47. The quantitative estimate of drug-likeness (QED) is 0.860. The van der Waals surface area contributed by atoms with Crippen LogP contribution in [0.1, 0.15) is 19.4 Å². The number of anilines is 2. The molecule has 0 unspecified atom stereocenters. The van der Waals surface area contributed by atoms with Gasteiger partial charge in [-0.2, -0.15) is 0 Å². The predicted octanol–water partition coefficient (Wildman–Crippen LogP) is 3.22. The van der Waals surface area contributed by atoms with Gasteiger partial charge in [0.1, 0.15) is 5.75 Å². The van der Waals surface area contributed by atoms with E-state index in [2.05, 4.69) is 10.6 Å². The van der Waals surface area contributed by atoms with Crippen LogP contribution in [0.5, 0.6) is 5.75 Å². The number of aryl methyl sites for hydroxylation is 1. The minimum absolute atomic E-state index is 0.0957. The molecule has 2 amide bonds. The summed E-state index contributed by atoms with van der Waals surface area (Å²) in [5.41, 5.74) is 2.51. The molecule has 23 heavy (non-hydrogen) atoms. The van der Waals surface area contributed by atoms with Crippen LogP contribution in [0.4, 0.5) is 11.4 Å². The second-order valence-corrected chi connectivity index (χ2v) is 5.06. The van der Waals surface area contributed by atoms with E-state index in [0.717, 1.165) is 17.7 Å². The molecule has 0 heterocycles. The van der Waals surface area contributed by atoms with E-state index in [1.54, 1.807) is 24.3 Å². The lowest BCUT2D eigenvalue weighted by Gasteiger charge is -2.11. The molecule has 2 aromatic carbocycles. The molecule has 0 aliphatic heterocycles. The lowest BCUT2D eigenvalue weighted by Crippen LogP contribution is -2.20. The van der Waals surface area contributed by atoms with Crippen molar-refractivity contribution in [3.8, 4) is 5.75 Å². The summed E-state index contributed by atoms with van der Waals surface area (Å²) in [5.74, 6) is 0.141. The van der Waals surface area contributed by atoms with Crippen molar-refractivity contribution < 1.29 is 14.3 Å². The summed E-state index contributed by atoms with van der Waals surface area (Å²) in [7, 11) is 0. The van der Waals surface area contributed by atoms with Crippen LogP contribution >= 0.6 is 0 Å². The first-order valence-electron chi connectivity index (χ1n) is 7.46. The summed E-state index contributed by atoms with van der Waals surface area (Å²) in [6, 6.07) is 14.6.